The average Bonchev–Trinajstić information content (AvgIpc) is 2.52. The summed E-state index contributed by atoms with van der Waals surface area (Å²) in [7, 11) is 3.27. The zero-order chi connectivity index (χ0) is 15.5. The highest BCUT2D eigenvalue weighted by atomic mass is 32.2. The molecule has 6 heteroatoms. The minimum Gasteiger partial charge on any atom is -0.493 e. The predicted octanol–water partition coefficient (Wildman–Crippen LogP) is 2.12. The number of benzene rings is 1. The van der Waals surface area contributed by atoms with Crippen LogP contribution in [0.15, 0.2) is 23.2 Å². The van der Waals surface area contributed by atoms with Crippen molar-refractivity contribution < 1.29 is 9.47 Å². The van der Waals surface area contributed by atoms with E-state index in [1.165, 1.54) is 0 Å². The predicted molar refractivity (Wildman–Crippen MR) is 90.7 cm³/mol. The maximum atomic E-state index is 5.30. The molecule has 0 unspecified atom stereocenters. The Bertz CT molecular complexity index is 453. The largest absolute Gasteiger partial charge is 0.493 e. The first-order valence-corrected chi connectivity index (χ1v) is 8.36. The molecular weight excluding hydrogens is 286 g/mol. The molecule has 0 saturated heterocycles. The number of methoxy groups -OCH3 is 2. The lowest BCUT2D eigenvalue weighted by molar-refractivity contribution is 0.354. The van der Waals surface area contributed by atoms with Gasteiger partial charge in [0.25, 0.3) is 0 Å². The summed E-state index contributed by atoms with van der Waals surface area (Å²) in [5.74, 6) is 3.35. The van der Waals surface area contributed by atoms with Crippen LogP contribution in [-0.4, -0.2) is 45.3 Å². The topological polar surface area (TPSA) is 54.9 Å². The minimum absolute atomic E-state index is 0.592. The molecule has 5 nitrogen and oxygen atoms in total. The summed E-state index contributed by atoms with van der Waals surface area (Å²) in [4.78, 5) is 4.58. The lowest BCUT2D eigenvalue weighted by Gasteiger charge is -2.11. The van der Waals surface area contributed by atoms with Crippen molar-refractivity contribution in [1.29, 1.82) is 0 Å². The van der Waals surface area contributed by atoms with Gasteiger partial charge < -0.3 is 20.1 Å². The van der Waals surface area contributed by atoms with Crippen molar-refractivity contribution in [2.45, 2.75) is 13.5 Å². The Morgan fingerprint density at radius 3 is 2.57 bits per heavy atom. The number of thioether (sulfide) groups is 1. The van der Waals surface area contributed by atoms with Gasteiger partial charge in [-0.1, -0.05) is 6.07 Å². The quantitative estimate of drug-likeness (QED) is 0.437. The van der Waals surface area contributed by atoms with Crippen LogP contribution in [0.3, 0.4) is 0 Å². The number of ether oxygens (including phenoxy) is 2. The van der Waals surface area contributed by atoms with Crippen LogP contribution in [-0.2, 0) is 6.54 Å². The third kappa shape index (κ3) is 6.16. The SMILES string of the molecule is CCNC(=NCc1ccc(OC)c(OC)c1)NCCSC. The first kappa shape index (κ1) is 17.5. The van der Waals surface area contributed by atoms with Gasteiger partial charge in [-0.05, 0) is 30.9 Å². The minimum atomic E-state index is 0.592. The first-order chi connectivity index (χ1) is 10.2. The van der Waals surface area contributed by atoms with Gasteiger partial charge in [0.15, 0.2) is 17.5 Å². The Labute approximate surface area is 131 Å². The summed E-state index contributed by atoms with van der Waals surface area (Å²) in [5, 5.41) is 6.54. The lowest BCUT2D eigenvalue weighted by atomic mass is 10.2. The number of rotatable bonds is 8. The van der Waals surface area contributed by atoms with E-state index in [4.69, 9.17) is 9.47 Å². The van der Waals surface area contributed by atoms with E-state index in [0.717, 1.165) is 41.9 Å². The van der Waals surface area contributed by atoms with Crippen LogP contribution in [0.4, 0.5) is 0 Å². The number of hydrogen-bond donors (Lipinski definition) is 2. The molecule has 0 aliphatic carbocycles. The van der Waals surface area contributed by atoms with Crippen LogP contribution < -0.4 is 20.1 Å². The fourth-order valence-corrected chi connectivity index (χ4v) is 2.07. The second-order valence-electron chi connectivity index (χ2n) is 4.30. The molecule has 1 rings (SSSR count). The van der Waals surface area contributed by atoms with Crippen LogP contribution >= 0.6 is 11.8 Å². The van der Waals surface area contributed by atoms with Crippen molar-refractivity contribution >= 4 is 17.7 Å². The van der Waals surface area contributed by atoms with Crippen LogP contribution in [0, 0.1) is 0 Å². The summed E-state index contributed by atoms with van der Waals surface area (Å²) in [6.07, 6.45) is 2.09. The summed E-state index contributed by atoms with van der Waals surface area (Å²) < 4.78 is 10.5. The molecule has 0 heterocycles. The molecule has 0 saturated carbocycles. The normalized spacial score (nSPS) is 11.1. The molecular formula is C15H25N3O2S. The molecule has 2 N–H and O–H groups in total. The molecule has 0 spiro atoms. The summed E-state index contributed by atoms with van der Waals surface area (Å²) in [5.41, 5.74) is 1.08. The Morgan fingerprint density at radius 1 is 1.19 bits per heavy atom. The van der Waals surface area contributed by atoms with E-state index >= 15 is 0 Å². The lowest BCUT2D eigenvalue weighted by Crippen LogP contribution is -2.38. The van der Waals surface area contributed by atoms with E-state index in [9.17, 15) is 0 Å². The van der Waals surface area contributed by atoms with Gasteiger partial charge >= 0.3 is 0 Å². The van der Waals surface area contributed by atoms with Gasteiger partial charge in [-0.15, -0.1) is 0 Å². The van der Waals surface area contributed by atoms with Crippen LogP contribution in [0.1, 0.15) is 12.5 Å². The van der Waals surface area contributed by atoms with Gasteiger partial charge in [0, 0.05) is 18.8 Å². The van der Waals surface area contributed by atoms with Crippen molar-refractivity contribution in [2.75, 3.05) is 39.3 Å². The highest BCUT2D eigenvalue weighted by Gasteiger charge is 2.04. The van der Waals surface area contributed by atoms with Crippen molar-refractivity contribution in [1.82, 2.24) is 10.6 Å². The fraction of sp³-hybridized carbons (Fsp3) is 0.533. The summed E-state index contributed by atoms with van der Waals surface area (Å²) >= 11 is 1.81. The van der Waals surface area contributed by atoms with E-state index in [1.807, 2.05) is 30.0 Å². The molecule has 0 amide bonds. The zero-order valence-electron chi connectivity index (χ0n) is 13.2. The maximum absolute atomic E-state index is 5.30. The first-order valence-electron chi connectivity index (χ1n) is 6.97. The molecule has 0 aliphatic heterocycles. The standard InChI is InChI=1S/C15H25N3O2S/c1-5-16-15(17-8-9-21-4)18-11-12-6-7-13(19-2)14(10-12)20-3/h6-7,10H,5,8-9,11H2,1-4H3,(H2,16,17,18). The van der Waals surface area contributed by atoms with Crippen molar-refractivity contribution in [3.05, 3.63) is 23.8 Å². The zero-order valence-corrected chi connectivity index (χ0v) is 14.0. The van der Waals surface area contributed by atoms with E-state index in [0.29, 0.717) is 6.54 Å². The molecule has 0 radical (unpaired) electrons. The average molecular weight is 311 g/mol. The Hall–Kier alpha value is -1.56. The van der Waals surface area contributed by atoms with E-state index in [2.05, 4.69) is 28.8 Å². The van der Waals surface area contributed by atoms with Gasteiger partial charge in [-0.3, -0.25) is 0 Å². The molecule has 1 aromatic rings. The highest BCUT2D eigenvalue weighted by Crippen LogP contribution is 2.27. The Morgan fingerprint density at radius 2 is 1.95 bits per heavy atom. The van der Waals surface area contributed by atoms with Gasteiger partial charge in [0.05, 0.1) is 20.8 Å². The van der Waals surface area contributed by atoms with E-state index in [-0.39, 0.29) is 0 Å². The number of aliphatic imine (C=N–C) groups is 1. The number of nitrogens with zero attached hydrogens (tertiary/aromatic N) is 1. The molecule has 0 bridgehead atoms. The molecule has 0 aliphatic rings. The fourth-order valence-electron chi connectivity index (χ4n) is 1.76. The van der Waals surface area contributed by atoms with Gasteiger partial charge in [0.1, 0.15) is 0 Å². The molecule has 1 aromatic carbocycles. The third-order valence-electron chi connectivity index (χ3n) is 2.81. The number of nitrogens with one attached hydrogen (secondary N) is 2. The van der Waals surface area contributed by atoms with Crippen molar-refractivity contribution in [2.24, 2.45) is 4.99 Å². The van der Waals surface area contributed by atoms with Crippen LogP contribution in [0.5, 0.6) is 11.5 Å². The highest BCUT2D eigenvalue weighted by molar-refractivity contribution is 7.98. The van der Waals surface area contributed by atoms with E-state index < -0.39 is 0 Å². The number of hydrogen-bond acceptors (Lipinski definition) is 4. The summed E-state index contributed by atoms with van der Waals surface area (Å²) in [6.45, 7) is 4.40. The molecule has 0 fully saturated rings. The second-order valence-corrected chi connectivity index (χ2v) is 5.29. The van der Waals surface area contributed by atoms with Crippen molar-refractivity contribution in [3.8, 4) is 11.5 Å². The molecule has 118 valence electrons. The van der Waals surface area contributed by atoms with Gasteiger partial charge in [-0.25, -0.2) is 4.99 Å². The maximum Gasteiger partial charge on any atom is 0.191 e. The van der Waals surface area contributed by atoms with E-state index in [1.54, 1.807) is 14.2 Å². The smallest absolute Gasteiger partial charge is 0.191 e. The monoisotopic (exact) mass is 311 g/mol. The third-order valence-corrected chi connectivity index (χ3v) is 3.42. The van der Waals surface area contributed by atoms with Gasteiger partial charge in [-0.2, -0.15) is 11.8 Å². The second kappa shape index (κ2) is 10.2. The number of guanidine groups is 1. The van der Waals surface area contributed by atoms with Crippen LogP contribution in [0.25, 0.3) is 0 Å². The molecule has 0 atom stereocenters. The van der Waals surface area contributed by atoms with Crippen molar-refractivity contribution in [3.63, 3.8) is 0 Å². The summed E-state index contributed by atoms with van der Waals surface area (Å²) in [6, 6.07) is 5.85. The Balaban J connectivity index is 2.70. The molecule has 0 aromatic heterocycles. The molecule has 21 heavy (non-hydrogen) atoms. The Kier molecular flexibility index (Phi) is 8.50. The van der Waals surface area contributed by atoms with Gasteiger partial charge in [0.2, 0.25) is 0 Å². The van der Waals surface area contributed by atoms with Crippen LogP contribution in [0.2, 0.25) is 0 Å².